The maximum absolute atomic E-state index is 10.1. The summed E-state index contributed by atoms with van der Waals surface area (Å²) in [5.74, 6) is 2.04. The number of allylic oxidation sites excluding steroid dienone is 1. The number of hydrogen-bond donors (Lipinski definition) is 2. The monoisotopic (exact) mass is 521 g/mol. The minimum absolute atomic E-state index is 0.250. The van der Waals surface area contributed by atoms with Gasteiger partial charge in [0, 0.05) is 32.0 Å². The molecule has 8 nitrogen and oxygen atoms in total. The molecule has 0 amide bonds. The van der Waals surface area contributed by atoms with Crippen molar-refractivity contribution in [2.24, 2.45) is 11.8 Å². The molecule has 1 saturated carbocycles. The fourth-order valence-electron chi connectivity index (χ4n) is 4.92. The molecule has 1 fully saturated rings. The number of benzene rings is 1. The summed E-state index contributed by atoms with van der Waals surface area (Å²) in [5, 5.41) is 26.5. The van der Waals surface area contributed by atoms with E-state index < -0.39 is 5.60 Å². The van der Waals surface area contributed by atoms with E-state index in [1.807, 2.05) is 12.1 Å². The molecule has 2 atom stereocenters. The van der Waals surface area contributed by atoms with Crippen LogP contribution in [0, 0.1) is 30.1 Å². The van der Waals surface area contributed by atoms with Crippen molar-refractivity contribution in [1.29, 1.82) is 5.26 Å². The zero-order valence-corrected chi connectivity index (χ0v) is 23.5. The Balaban J connectivity index is 0.00000161. The number of aliphatic hydroxyl groups is 1. The summed E-state index contributed by atoms with van der Waals surface area (Å²) in [6, 6.07) is 8.27. The molecule has 1 aliphatic carbocycles. The van der Waals surface area contributed by atoms with E-state index in [0.29, 0.717) is 23.1 Å². The first-order valence-corrected chi connectivity index (χ1v) is 13.4. The SMILES string of the molecule is CCC/C=C/N(CC1CCCC(CN(C)c2cnc(C(C)(C)O)cn2)C1)c1cc(C#N)ccc1C.O=CO. The number of rotatable bonds is 10. The predicted molar refractivity (Wildman–Crippen MR) is 152 cm³/mol. The van der Waals surface area contributed by atoms with Gasteiger partial charge in [-0.3, -0.25) is 9.78 Å². The van der Waals surface area contributed by atoms with E-state index in [2.05, 4.69) is 65.1 Å². The van der Waals surface area contributed by atoms with Crippen LogP contribution in [-0.4, -0.2) is 46.8 Å². The summed E-state index contributed by atoms with van der Waals surface area (Å²) >= 11 is 0. The van der Waals surface area contributed by atoms with E-state index in [4.69, 9.17) is 9.90 Å². The molecule has 3 rings (SSSR count). The lowest BCUT2D eigenvalue weighted by Crippen LogP contribution is -2.33. The van der Waals surface area contributed by atoms with Gasteiger partial charge < -0.3 is 20.0 Å². The predicted octanol–water partition coefficient (Wildman–Crippen LogP) is 5.65. The second-order valence-electron chi connectivity index (χ2n) is 10.6. The number of aryl methyl sites for hydroxylation is 1. The van der Waals surface area contributed by atoms with Crippen molar-refractivity contribution >= 4 is 18.0 Å². The molecular weight excluding hydrogens is 478 g/mol. The smallest absolute Gasteiger partial charge is 0.290 e. The summed E-state index contributed by atoms with van der Waals surface area (Å²) in [4.78, 5) is 21.9. The summed E-state index contributed by atoms with van der Waals surface area (Å²) in [7, 11) is 2.08. The number of carboxylic acid groups (broad SMARTS) is 1. The summed E-state index contributed by atoms with van der Waals surface area (Å²) in [5.41, 5.74) is 2.64. The number of aromatic nitrogens is 2. The van der Waals surface area contributed by atoms with E-state index in [9.17, 15) is 10.4 Å². The molecule has 206 valence electrons. The maximum Gasteiger partial charge on any atom is 0.290 e. The van der Waals surface area contributed by atoms with E-state index in [1.165, 1.54) is 31.2 Å². The number of unbranched alkanes of at least 4 members (excludes halogenated alkanes) is 1. The Morgan fingerprint density at radius 3 is 2.45 bits per heavy atom. The van der Waals surface area contributed by atoms with E-state index in [1.54, 1.807) is 26.2 Å². The third kappa shape index (κ3) is 9.46. The molecule has 0 radical (unpaired) electrons. The van der Waals surface area contributed by atoms with Crippen molar-refractivity contribution < 1.29 is 15.0 Å². The molecule has 0 bridgehead atoms. The standard InChI is InChI=1S/C29H41N5O.CH2O2/c1-6-7-8-14-34(26-16-23(17-30)13-12-22(26)2)21-25-11-9-10-24(15-25)20-33(5)28-19-31-27(18-32-28)29(3,4)35;2-1-3/h8,12-14,16,18-19,24-25,35H,6-7,9-11,15,20-21H2,1-5H3;1H,(H,2,3)/b14-8+;. The van der Waals surface area contributed by atoms with Gasteiger partial charge in [-0.25, -0.2) is 4.98 Å². The summed E-state index contributed by atoms with van der Waals surface area (Å²) in [6.07, 6.45) is 15.0. The van der Waals surface area contributed by atoms with Crippen molar-refractivity contribution in [2.75, 3.05) is 29.9 Å². The van der Waals surface area contributed by atoms with Crippen LogP contribution in [0.25, 0.3) is 0 Å². The molecule has 2 N–H and O–H groups in total. The van der Waals surface area contributed by atoms with Gasteiger partial charge in [-0.15, -0.1) is 0 Å². The highest BCUT2D eigenvalue weighted by Crippen LogP contribution is 2.33. The molecule has 1 aromatic heterocycles. The Morgan fingerprint density at radius 1 is 1.18 bits per heavy atom. The van der Waals surface area contributed by atoms with Crippen LogP contribution in [-0.2, 0) is 10.4 Å². The molecule has 8 heteroatoms. The molecular formula is C30H43N5O3. The Labute approximate surface area is 227 Å². The number of hydrogen-bond acceptors (Lipinski definition) is 7. The highest BCUT2D eigenvalue weighted by Gasteiger charge is 2.26. The molecule has 1 heterocycles. The van der Waals surface area contributed by atoms with E-state index >= 15 is 0 Å². The van der Waals surface area contributed by atoms with Crippen LogP contribution in [0.5, 0.6) is 0 Å². The molecule has 1 aliphatic rings. The lowest BCUT2D eigenvalue weighted by Gasteiger charge is -2.35. The zero-order valence-electron chi connectivity index (χ0n) is 23.5. The first kappa shape index (κ1) is 30.8. The highest BCUT2D eigenvalue weighted by molar-refractivity contribution is 5.59. The topological polar surface area (TPSA) is 114 Å². The largest absolute Gasteiger partial charge is 0.483 e. The van der Waals surface area contributed by atoms with Gasteiger partial charge >= 0.3 is 0 Å². The van der Waals surface area contributed by atoms with Crippen LogP contribution in [0.2, 0.25) is 0 Å². The van der Waals surface area contributed by atoms with Gasteiger partial charge in [-0.1, -0.05) is 31.9 Å². The molecule has 38 heavy (non-hydrogen) atoms. The number of nitrogens with zero attached hydrogens (tertiary/aromatic N) is 5. The van der Waals surface area contributed by atoms with Crippen LogP contribution < -0.4 is 9.80 Å². The Hall–Kier alpha value is -3.44. The molecule has 0 aliphatic heterocycles. The minimum Gasteiger partial charge on any atom is -0.483 e. The van der Waals surface area contributed by atoms with Gasteiger partial charge in [0.25, 0.3) is 6.47 Å². The van der Waals surface area contributed by atoms with Crippen LogP contribution in [0.1, 0.15) is 76.1 Å². The average molecular weight is 522 g/mol. The molecule has 2 aromatic rings. The van der Waals surface area contributed by atoms with Crippen molar-refractivity contribution in [3.63, 3.8) is 0 Å². The van der Waals surface area contributed by atoms with Gasteiger partial charge in [0.1, 0.15) is 11.4 Å². The number of carbonyl (C=O) groups is 1. The number of anilines is 2. The molecule has 0 spiro atoms. The lowest BCUT2D eigenvalue weighted by molar-refractivity contribution is -0.122. The van der Waals surface area contributed by atoms with Gasteiger partial charge in [0.2, 0.25) is 0 Å². The third-order valence-electron chi connectivity index (χ3n) is 6.92. The second-order valence-corrected chi connectivity index (χ2v) is 10.6. The second kappa shape index (κ2) is 15.1. The maximum atomic E-state index is 10.1. The van der Waals surface area contributed by atoms with Crippen molar-refractivity contribution in [1.82, 2.24) is 9.97 Å². The number of nitriles is 1. The van der Waals surface area contributed by atoms with Crippen molar-refractivity contribution in [3.05, 3.63) is 59.7 Å². The zero-order chi connectivity index (χ0) is 28.1. The van der Waals surface area contributed by atoms with Crippen molar-refractivity contribution in [2.45, 2.75) is 71.8 Å². The van der Waals surface area contributed by atoms with Crippen LogP contribution >= 0.6 is 0 Å². The normalized spacial score (nSPS) is 17.3. The average Bonchev–Trinajstić information content (AvgIpc) is 2.89. The Bertz CT molecular complexity index is 1070. The van der Waals surface area contributed by atoms with E-state index in [-0.39, 0.29) is 6.47 Å². The van der Waals surface area contributed by atoms with Crippen LogP contribution in [0.3, 0.4) is 0 Å². The van der Waals surface area contributed by atoms with Gasteiger partial charge in [0.15, 0.2) is 0 Å². The first-order chi connectivity index (χ1) is 18.1. The Morgan fingerprint density at radius 2 is 1.87 bits per heavy atom. The van der Waals surface area contributed by atoms with Crippen LogP contribution in [0.4, 0.5) is 11.5 Å². The van der Waals surface area contributed by atoms with E-state index in [0.717, 1.165) is 37.4 Å². The fraction of sp³-hybridized carbons (Fsp3) is 0.533. The molecule has 2 unspecified atom stereocenters. The van der Waals surface area contributed by atoms with Crippen LogP contribution in [0.15, 0.2) is 42.9 Å². The van der Waals surface area contributed by atoms with Gasteiger partial charge in [-0.2, -0.15) is 5.26 Å². The molecule has 0 saturated heterocycles. The van der Waals surface area contributed by atoms with Gasteiger partial charge in [0.05, 0.1) is 29.7 Å². The van der Waals surface area contributed by atoms with Crippen molar-refractivity contribution in [3.8, 4) is 6.07 Å². The quantitative estimate of drug-likeness (QED) is 0.386. The highest BCUT2D eigenvalue weighted by atomic mass is 16.3. The third-order valence-corrected chi connectivity index (χ3v) is 6.92. The minimum atomic E-state index is -0.983. The summed E-state index contributed by atoms with van der Waals surface area (Å²) in [6.45, 7) is 9.43. The Kier molecular flexibility index (Phi) is 12.2. The molecule has 1 aromatic carbocycles. The summed E-state index contributed by atoms with van der Waals surface area (Å²) < 4.78 is 0. The first-order valence-electron chi connectivity index (χ1n) is 13.4. The van der Waals surface area contributed by atoms with Gasteiger partial charge in [-0.05, 0) is 76.0 Å². The lowest BCUT2D eigenvalue weighted by atomic mass is 9.80. The fourth-order valence-corrected chi connectivity index (χ4v) is 4.92.